The van der Waals surface area contributed by atoms with Crippen molar-refractivity contribution in [1.82, 2.24) is 9.97 Å². The van der Waals surface area contributed by atoms with Gasteiger partial charge in [0, 0.05) is 11.4 Å². The predicted octanol–water partition coefficient (Wildman–Crippen LogP) is 2.33. The summed E-state index contributed by atoms with van der Waals surface area (Å²) in [6.07, 6.45) is 6.42. The van der Waals surface area contributed by atoms with Crippen LogP contribution in [0.4, 0.5) is 5.82 Å². The number of amides is 1. The van der Waals surface area contributed by atoms with Gasteiger partial charge in [0.2, 0.25) is 5.91 Å². The largest absolute Gasteiger partial charge is 0.368 e. The molecular weight excluding hydrogens is 296 g/mol. The number of fused-ring (bicyclic) bond motifs is 3. The maximum absolute atomic E-state index is 11.9. The van der Waals surface area contributed by atoms with E-state index in [0.29, 0.717) is 0 Å². The Morgan fingerprint density at radius 1 is 1.27 bits per heavy atom. The Morgan fingerprint density at radius 2 is 2.14 bits per heavy atom. The Kier molecular flexibility index (Phi) is 3.29. The lowest BCUT2D eigenvalue weighted by Gasteiger charge is -2.35. The molecule has 0 radical (unpaired) electrons. The molecule has 4 rings (SSSR count). The van der Waals surface area contributed by atoms with Crippen LogP contribution in [0.2, 0.25) is 0 Å². The summed E-state index contributed by atoms with van der Waals surface area (Å²) >= 11 is 1.79. The summed E-state index contributed by atoms with van der Waals surface area (Å²) < 4.78 is 0. The topological polar surface area (TPSA) is 72.1 Å². The van der Waals surface area contributed by atoms with Crippen molar-refractivity contribution < 1.29 is 4.79 Å². The lowest BCUT2D eigenvalue weighted by molar-refractivity contribution is -0.119. The van der Waals surface area contributed by atoms with Gasteiger partial charge in [-0.3, -0.25) is 4.79 Å². The molecule has 1 saturated heterocycles. The van der Waals surface area contributed by atoms with Gasteiger partial charge in [0.1, 0.15) is 22.5 Å². The van der Waals surface area contributed by atoms with Gasteiger partial charge in [-0.05, 0) is 51.0 Å². The van der Waals surface area contributed by atoms with Gasteiger partial charge in [0.15, 0.2) is 0 Å². The normalized spacial score (nSPS) is 21.3. The van der Waals surface area contributed by atoms with Crippen LogP contribution in [0.15, 0.2) is 0 Å². The molecule has 0 aromatic carbocycles. The lowest BCUT2D eigenvalue weighted by Crippen LogP contribution is -2.48. The fraction of sp³-hybridized carbons (Fsp3) is 0.562. The molecule has 2 aromatic heterocycles. The highest BCUT2D eigenvalue weighted by Crippen LogP contribution is 2.41. The van der Waals surface area contributed by atoms with Crippen LogP contribution in [0.1, 0.15) is 41.9 Å². The first-order chi connectivity index (χ1) is 10.6. The summed E-state index contributed by atoms with van der Waals surface area (Å²) in [4.78, 5) is 25.9. The van der Waals surface area contributed by atoms with Gasteiger partial charge in [-0.1, -0.05) is 0 Å². The van der Waals surface area contributed by atoms with Crippen molar-refractivity contribution in [2.45, 2.75) is 51.5 Å². The Morgan fingerprint density at radius 3 is 2.95 bits per heavy atom. The first-order valence-electron chi connectivity index (χ1n) is 8.00. The number of carbonyl (C=O) groups is 1. The average Bonchev–Trinajstić information content (AvgIpc) is 3.06. The number of primary amides is 1. The van der Waals surface area contributed by atoms with Crippen molar-refractivity contribution in [2.24, 2.45) is 5.73 Å². The second-order valence-corrected chi connectivity index (χ2v) is 7.32. The Bertz CT molecular complexity index is 754. The Labute approximate surface area is 133 Å². The molecule has 0 bridgehead atoms. The predicted molar refractivity (Wildman–Crippen MR) is 88.4 cm³/mol. The standard InChI is InChI=1S/C16H20N4OS/c1-9-18-15(20-8-3-2-6-11(20)14(17)21)13-10-5-4-7-12(10)22-16(13)19-9/h11H,2-8H2,1H3,(H2,17,21)/t11-/m1/s1. The number of rotatable bonds is 2. The van der Waals surface area contributed by atoms with Crippen molar-refractivity contribution in [3.05, 3.63) is 16.3 Å². The number of anilines is 1. The van der Waals surface area contributed by atoms with Crippen LogP contribution in [-0.4, -0.2) is 28.5 Å². The molecule has 1 aliphatic carbocycles. The van der Waals surface area contributed by atoms with E-state index in [1.807, 2.05) is 6.92 Å². The van der Waals surface area contributed by atoms with Gasteiger partial charge in [-0.25, -0.2) is 9.97 Å². The van der Waals surface area contributed by atoms with Crippen molar-refractivity contribution in [3.63, 3.8) is 0 Å². The van der Waals surface area contributed by atoms with E-state index < -0.39 is 0 Å². The highest BCUT2D eigenvalue weighted by molar-refractivity contribution is 7.19. The van der Waals surface area contributed by atoms with E-state index in [0.717, 1.165) is 55.1 Å². The van der Waals surface area contributed by atoms with E-state index in [1.165, 1.54) is 22.2 Å². The molecule has 2 aliphatic rings. The van der Waals surface area contributed by atoms with Crippen molar-refractivity contribution in [2.75, 3.05) is 11.4 Å². The monoisotopic (exact) mass is 316 g/mol. The van der Waals surface area contributed by atoms with Crippen LogP contribution in [0.25, 0.3) is 10.2 Å². The van der Waals surface area contributed by atoms with Gasteiger partial charge in [0.05, 0.1) is 5.39 Å². The number of hydrogen-bond donors (Lipinski definition) is 1. The van der Waals surface area contributed by atoms with E-state index in [4.69, 9.17) is 10.7 Å². The number of hydrogen-bond acceptors (Lipinski definition) is 5. The quantitative estimate of drug-likeness (QED) is 0.923. The van der Waals surface area contributed by atoms with Gasteiger partial charge in [0.25, 0.3) is 0 Å². The summed E-state index contributed by atoms with van der Waals surface area (Å²) in [5.74, 6) is 1.47. The fourth-order valence-corrected chi connectivity index (χ4v) is 5.07. The Hall–Kier alpha value is -1.69. The molecule has 2 N–H and O–H groups in total. The van der Waals surface area contributed by atoms with Crippen molar-refractivity contribution in [1.29, 1.82) is 0 Å². The number of nitrogens with zero attached hydrogens (tertiary/aromatic N) is 3. The molecule has 1 atom stereocenters. The average molecular weight is 316 g/mol. The van der Waals surface area contributed by atoms with E-state index in [2.05, 4.69) is 9.88 Å². The molecule has 5 nitrogen and oxygen atoms in total. The zero-order valence-corrected chi connectivity index (χ0v) is 13.6. The third-order valence-electron chi connectivity index (χ3n) is 4.76. The SMILES string of the molecule is Cc1nc(N2CCCC[C@@H]2C(N)=O)c2c3c(sc2n1)CCC3. The summed E-state index contributed by atoms with van der Waals surface area (Å²) in [6, 6.07) is -0.233. The summed E-state index contributed by atoms with van der Waals surface area (Å²) in [5.41, 5.74) is 7.05. The van der Waals surface area contributed by atoms with Crippen LogP contribution < -0.4 is 10.6 Å². The number of piperidine rings is 1. The van der Waals surface area contributed by atoms with Crippen LogP contribution >= 0.6 is 11.3 Å². The first-order valence-corrected chi connectivity index (χ1v) is 8.81. The molecule has 3 heterocycles. The van der Waals surface area contributed by atoms with E-state index in [1.54, 1.807) is 11.3 Å². The second-order valence-electron chi connectivity index (χ2n) is 6.24. The summed E-state index contributed by atoms with van der Waals surface area (Å²) in [5, 5.41) is 1.18. The lowest BCUT2D eigenvalue weighted by atomic mass is 10.0. The number of aromatic nitrogens is 2. The van der Waals surface area contributed by atoms with Gasteiger partial charge >= 0.3 is 0 Å². The third-order valence-corrected chi connectivity index (χ3v) is 5.95. The number of aryl methyl sites for hydroxylation is 3. The van der Waals surface area contributed by atoms with Crippen molar-refractivity contribution >= 4 is 33.3 Å². The molecule has 6 heteroatoms. The molecule has 0 unspecified atom stereocenters. The van der Waals surface area contributed by atoms with Gasteiger partial charge < -0.3 is 10.6 Å². The zero-order chi connectivity index (χ0) is 15.3. The first kappa shape index (κ1) is 13.9. The van der Waals surface area contributed by atoms with E-state index in [9.17, 15) is 4.79 Å². The molecule has 116 valence electrons. The van der Waals surface area contributed by atoms with Crippen molar-refractivity contribution in [3.8, 4) is 0 Å². The molecule has 1 fully saturated rings. The number of thiophene rings is 1. The second kappa shape index (κ2) is 5.19. The van der Waals surface area contributed by atoms with E-state index >= 15 is 0 Å². The smallest absolute Gasteiger partial charge is 0.240 e. The molecule has 1 aliphatic heterocycles. The van der Waals surface area contributed by atoms with Crippen LogP contribution in [0, 0.1) is 6.92 Å². The molecule has 22 heavy (non-hydrogen) atoms. The Balaban J connectivity index is 1.91. The zero-order valence-electron chi connectivity index (χ0n) is 12.8. The third kappa shape index (κ3) is 2.08. The number of carbonyl (C=O) groups excluding carboxylic acids is 1. The van der Waals surface area contributed by atoms with Crippen LogP contribution in [-0.2, 0) is 17.6 Å². The maximum atomic E-state index is 11.9. The molecule has 0 saturated carbocycles. The highest BCUT2D eigenvalue weighted by Gasteiger charge is 2.31. The minimum Gasteiger partial charge on any atom is -0.368 e. The number of nitrogens with two attached hydrogens (primary N) is 1. The molecule has 2 aromatic rings. The van der Waals surface area contributed by atoms with Gasteiger partial charge in [-0.15, -0.1) is 11.3 Å². The van der Waals surface area contributed by atoms with E-state index in [-0.39, 0.29) is 11.9 Å². The fourth-order valence-electron chi connectivity index (χ4n) is 3.77. The molecule has 1 amide bonds. The maximum Gasteiger partial charge on any atom is 0.240 e. The summed E-state index contributed by atoms with van der Waals surface area (Å²) in [7, 11) is 0. The minimum absolute atomic E-state index is 0.233. The molecular formula is C16H20N4OS. The van der Waals surface area contributed by atoms with Crippen LogP contribution in [0.3, 0.4) is 0 Å². The molecule has 0 spiro atoms. The van der Waals surface area contributed by atoms with Gasteiger partial charge in [-0.2, -0.15) is 0 Å². The van der Waals surface area contributed by atoms with Crippen LogP contribution in [0.5, 0.6) is 0 Å². The minimum atomic E-state index is -0.240. The summed E-state index contributed by atoms with van der Waals surface area (Å²) in [6.45, 7) is 2.78. The highest BCUT2D eigenvalue weighted by atomic mass is 32.1.